The molecule has 5 aromatic rings. The predicted octanol–water partition coefficient (Wildman–Crippen LogP) is 6.13. The lowest BCUT2D eigenvalue weighted by Crippen LogP contribution is -2.36. The summed E-state index contributed by atoms with van der Waals surface area (Å²) in [5, 5.41) is 3.32. The first-order chi connectivity index (χ1) is 17.1. The number of fused-ring (bicyclic) bond motifs is 2. The van der Waals surface area contributed by atoms with Crippen LogP contribution in [0.2, 0.25) is 0 Å². The topological polar surface area (TPSA) is 66.9 Å². The van der Waals surface area contributed by atoms with Crippen molar-refractivity contribution in [2.24, 2.45) is 0 Å². The van der Waals surface area contributed by atoms with Crippen molar-refractivity contribution in [3.63, 3.8) is 0 Å². The van der Waals surface area contributed by atoms with Gasteiger partial charge in [0.25, 0.3) is 0 Å². The number of nitrogens with one attached hydrogen (secondary N) is 1. The number of ether oxygens (including phenoxy) is 1. The molecule has 1 saturated heterocycles. The quantitative estimate of drug-likeness (QED) is 0.300. The van der Waals surface area contributed by atoms with Crippen LogP contribution in [0.4, 0.5) is 5.82 Å². The van der Waals surface area contributed by atoms with Gasteiger partial charge in [0.15, 0.2) is 11.6 Å². The van der Waals surface area contributed by atoms with Gasteiger partial charge in [0.1, 0.15) is 5.65 Å². The number of thiophene rings is 1. The Morgan fingerprint density at radius 2 is 1.97 bits per heavy atom. The number of nitrogens with zero attached hydrogens (tertiary/aromatic N) is 4. The molecule has 5 heterocycles. The molecule has 1 aliphatic rings. The van der Waals surface area contributed by atoms with E-state index in [0.717, 1.165) is 45.7 Å². The second-order valence-corrected chi connectivity index (χ2v) is 11.7. The molecule has 35 heavy (non-hydrogen) atoms. The van der Waals surface area contributed by atoms with Crippen LogP contribution in [-0.4, -0.2) is 57.9 Å². The van der Waals surface area contributed by atoms with Gasteiger partial charge in [0, 0.05) is 46.2 Å². The highest BCUT2D eigenvalue weighted by Crippen LogP contribution is 2.43. The number of aryl methyl sites for hydroxylation is 1. The summed E-state index contributed by atoms with van der Waals surface area (Å²) < 4.78 is 6.78. The van der Waals surface area contributed by atoms with Gasteiger partial charge in [0.2, 0.25) is 0 Å². The number of anilines is 1. The summed E-state index contributed by atoms with van der Waals surface area (Å²) in [6, 6.07) is 13.1. The number of aromatic amines is 1. The normalized spacial score (nSPS) is 15.3. The van der Waals surface area contributed by atoms with Gasteiger partial charge < -0.3 is 14.6 Å². The average molecular weight is 502 g/mol. The van der Waals surface area contributed by atoms with E-state index in [0.29, 0.717) is 19.0 Å². The summed E-state index contributed by atoms with van der Waals surface area (Å²) in [6.45, 7) is 7.39. The first-order valence-electron chi connectivity index (χ1n) is 11.7. The number of hydrogen-bond donors (Lipinski definition) is 1. The average Bonchev–Trinajstić information content (AvgIpc) is 3.52. The maximum atomic E-state index is 5.63. The predicted molar refractivity (Wildman–Crippen MR) is 149 cm³/mol. The third kappa shape index (κ3) is 4.05. The second kappa shape index (κ2) is 9.18. The number of benzene rings is 1. The first-order valence-corrected chi connectivity index (χ1v) is 14.3. The Labute approximate surface area is 210 Å². The number of H-pyrrole nitrogens is 1. The Morgan fingerprint density at radius 3 is 2.80 bits per heavy atom. The minimum atomic E-state index is 0.126. The second-order valence-electron chi connectivity index (χ2n) is 8.66. The summed E-state index contributed by atoms with van der Waals surface area (Å²) in [6.07, 6.45) is 6.03. The third-order valence-electron chi connectivity index (χ3n) is 6.54. The van der Waals surface area contributed by atoms with Crippen molar-refractivity contribution in [2.45, 2.75) is 18.7 Å². The molecule has 6 nitrogen and oxygen atoms in total. The largest absolute Gasteiger partial charge is 0.378 e. The third-order valence-corrected chi connectivity index (χ3v) is 9.57. The zero-order valence-corrected chi connectivity index (χ0v) is 21.7. The summed E-state index contributed by atoms with van der Waals surface area (Å²) in [4.78, 5) is 22.9. The maximum Gasteiger partial charge on any atom is 0.163 e. The van der Waals surface area contributed by atoms with Crippen LogP contribution in [0, 0.1) is 6.92 Å². The van der Waals surface area contributed by atoms with E-state index in [1.807, 2.05) is 18.5 Å². The molecule has 1 unspecified atom stereocenters. The van der Waals surface area contributed by atoms with E-state index in [4.69, 9.17) is 14.7 Å². The SMILES string of the molecule is C/C=S(\C)c1cccc(-c2sc3c(N4CCOCC4)nc(-c4cnc5[nH]ccc5c4)nc3c2C)c1. The molecular formula is C27H27N5OS2. The Balaban J connectivity index is 1.55. The van der Waals surface area contributed by atoms with Crippen LogP contribution < -0.4 is 4.90 Å². The lowest BCUT2D eigenvalue weighted by Gasteiger charge is -2.28. The van der Waals surface area contributed by atoms with Crippen molar-refractivity contribution in [2.75, 3.05) is 37.5 Å². The number of rotatable bonds is 4. The number of hydrogen-bond acceptors (Lipinski definition) is 6. The Morgan fingerprint density at radius 1 is 1.11 bits per heavy atom. The van der Waals surface area contributed by atoms with E-state index < -0.39 is 0 Å². The molecule has 1 N–H and O–H groups in total. The molecule has 1 aliphatic heterocycles. The van der Waals surface area contributed by atoms with Crippen LogP contribution in [0.5, 0.6) is 0 Å². The summed E-state index contributed by atoms with van der Waals surface area (Å²) in [7, 11) is 0.126. The van der Waals surface area contributed by atoms with E-state index in [1.54, 1.807) is 11.3 Å². The summed E-state index contributed by atoms with van der Waals surface area (Å²) in [5.74, 6) is 1.71. The monoisotopic (exact) mass is 501 g/mol. The van der Waals surface area contributed by atoms with Crippen molar-refractivity contribution in [3.05, 3.63) is 54.4 Å². The highest BCUT2D eigenvalue weighted by atomic mass is 32.2. The molecule has 0 radical (unpaired) electrons. The molecule has 0 spiro atoms. The first kappa shape index (κ1) is 22.4. The minimum Gasteiger partial charge on any atom is -0.378 e. The minimum absolute atomic E-state index is 0.126. The molecule has 1 aromatic carbocycles. The van der Waals surface area contributed by atoms with Crippen LogP contribution in [0.15, 0.2) is 53.7 Å². The maximum absolute atomic E-state index is 5.63. The zero-order valence-electron chi connectivity index (χ0n) is 20.0. The molecule has 0 aliphatic carbocycles. The van der Waals surface area contributed by atoms with Gasteiger partial charge >= 0.3 is 0 Å². The molecule has 178 valence electrons. The van der Waals surface area contributed by atoms with Gasteiger partial charge in [-0.25, -0.2) is 15.0 Å². The molecule has 0 bridgehead atoms. The lowest BCUT2D eigenvalue weighted by molar-refractivity contribution is 0.122. The molecule has 8 heteroatoms. The van der Waals surface area contributed by atoms with Crippen LogP contribution in [0.25, 0.3) is 43.1 Å². The van der Waals surface area contributed by atoms with Crippen molar-refractivity contribution in [1.29, 1.82) is 0 Å². The van der Waals surface area contributed by atoms with Crippen LogP contribution in [0.3, 0.4) is 0 Å². The van der Waals surface area contributed by atoms with Gasteiger partial charge in [-0.1, -0.05) is 17.5 Å². The molecule has 1 atom stereocenters. The van der Waals surface area contributed by atoms with Gasteiger partial charge in [-0.2, -0.15) is 10.5 Å². The van der Waals surface area contributed by atoms with E-state index in [9.17, 15) is 0 Å². The van der Waals surface area contributed by atoms with Gasteiger partial charge in [-0.15, -0.1) is 11.3 Å². The van der Waals surface area contributed by atoms with E-state index >= 15 is 0 Å². The fourth-order valence-corrected chi connectivity index (χ4v) is 6.64. The molecule has 0 amide bonds. The highest BCUT2D eigenvalue weighted by molar-refractivity contribution is 8.14. The molecule has 0 saturated carbocycles. The van der Waals surface area contributed by atoms with Crippen LogP contribution >= 0.6 is 21.8 Å². The van der Waals surface area contributed by atoms with Crippen molar-refractivity contribution < 1.29 is 4.74 Å². The fourth-order valence-electron chi connectivity index (χ4n) is 4.50. The highest BCUT2D eigenvalue weighted by Gasteiger charge is 2.23. The fraction of sp³-hybridized carbons (Fsp3) is 0.259. The smallest absolute Gasteiger partial charge is 0.163 e. The van der Waals surface area contributed by atoms with E-state index in [1.165, 1.54) is 20.9 Å². The van der Waals surface area contributed by atoms with E-state index in [-0.39, 0.29) is 10.5 Å². The summed E-state index contributed by atoms with van der Waals surface area (Å²) >= 11 is 1.80. The van der Waals surface area contributed by atoms with Gasteiger partial charge in [-0.05, 0) is 55.5 Å². The lowest BCUT2D eigenvalue weighted by atomic mass is 10.1. The number of aromatic nitrogens is 4. The number of morpholine rings is 1. The van der Waals surface area contributed by atoms with Crippen molar-refractivity contribution >= 4 is 54.3 Å². The van der Waals surface area contributed by atoms with Gasteiger partial charge in [0.05, 0.1) is 23.4 Å². The summed E-state index contributed by atoms with van der Waals surface area (Å²) in [5.41, 5.74) is 5.27. The molecule has 1 fully saturated rings. The molecule has 6 rings (SSSR count). The van der Waals surface area contributed by atoms with Crippen LogP contribution in [0.1, 0.15) is 12.5 Å². The van der Waals surface area contributed by atoms with Crippen molar-refractivity contribution in [1.82, 2.24) is 19.9 Å². The number of pyridine rings is 1. The zero-order chi connectivity index (χ0) is 23.9. The van der Waals surface area contributed by atoms with E-state index in [2.05, 4.69) is 70.7 Å². The Hall–Kier alpha value is -3.07. The molecular weight excluding hydrogens is 474 g/mol. The Bertz CT molecular complexity index is 1580. The Kier molecular flexibility index (Phi) is 5.88. The standard InChI is InChI=1S/C27H27N5OS2/c1-4-35(3)21-7-5-6-18(15-21)23-17(2)22-24(34-23)27(32-10-12-33-13-11-32)31-26(30-22)20-14-19-8-9-28-25(19)29-16-20/h4-9,14-16H,10-13H2,1-3H3,(H,28,29). The van der Waals surface area contributed by atoms with Gasteiger partial charge in [-0.3, -0.25) is 0 Å². The van der Waals surface area contributed by atoms with Crippen molar-refractivity contribution in [3.8, 4) is 21.8 Å². The molecule has 4 aromatic heterocycles. The van der Waals surface area contributed by atoms with Crippen LogP contribution in [-0.2, 0) is 4.74 Å².